The Morgan fingerprint density at radius 1 is 1.18 bits per heavy atom. The summed E-state index contributed by atoms with van der Waals surface area (Å²) in [6.45, 7) is 0.773. The first-order chi connectivity index (χ1) is 8.36. The van der Waals surface area contributed by atoms with E-state index in [0.29, 0.717) is 0 Å². The molecule has 0 saturated heterocycles. The lowest BCUT2D eigenvalue weighted by Crippen LogP contribution is -1.98. The number of hydrogen-bond acceptors (Lipinski definition) is 1. The minimum absolute atomic E-state index is 0.773. The Labute approximate surface area is 106 Å². The lowest BCUT2D eigenvalue weighted by Gasteiger charge is -2.14. The third-order valence-electron chi connectivity index (χ3n) is 4.09. The van der Waals surface area contributed by atoms with Crippen molar-refractivity contribution in [3.63, 3.8) is 0 Å². The van der Waals surface area contributed by atoms with Crippen LogP contribution in [-0.4, -0.2) is 16.5 Å². The first kappa shape index (κ1) is 11.2. The zero-order valence-corrected chi connectivity index (χ0v) is 12.5. The van der Waals surface area contributed by atoms with E-state index in [1.807, 2.05) is 0 Å². The Morgan fingerprint density at radius 2 is 2.00 bits per heavy atom. The first-order valence-electron chi connectivity index (χ1n) is 6.75. The normalized spacial score (nSPS) is 26.5. The number of fused-ring (bicyclic) bond motifs is 2. The summed E-state index contributed by atoms with van der Waals surface area (Å²) in [4.78, 5) is 0. The molecule has 0 aromatic heterocycles. The fourth-order valence-corrected chi connectivity index (χ4v) is 3.39. The summed E-state index contributed by atoms with van der Waals surface area (Å²) in [5.74, 6) is 1.73. The molecule has 17 heavy (non-hydrogen) atoms. The Hall–Kier alpha value is -0.863. The molecule has 1 nitrogen and oxygen atoms in total. The van der Waals surface area contributed by atoms with Crippen LogP contribution >= 0.6 is 0 Å². The predicted octanol–water partition coefficient (Wildman–Crippen LogP) is 2.34. The summed E-state index contributed by atoms with van der Waals surface area (Å²) in [5, 5.41) is 0. The van der Waals surface area contributed by atoms with Gasteiger partial charge in [0.05, 0.1) is 6.61 Å². The van der Waals surface area contributed by atoms with Gasteiger partial charge in [-0.25, -0.2) is 0 Å². The molecule has 90 valence electrons. The van der Waals surface area contributed by atoms with Crippen LogP contribution in [0, 0.1) is 11.8 Å². The lowest BCUT2D eigenvalue weighted by molar-refractivity contribution is 0.165. The SMILES string of the molecule is [SiH3]COCc1ccc(C2=CC3CCC2C3)cc1. The average Bonchev–Trinajstić information content (AvgIpc) is 2.99. The number of hydrogen-bond donors (Lipinski definition) is 0. The molecule has 1 saturated carbocycles. The van der Waals surface area contributed by atoms with E-state index >= 15 is 0 Å². The second kappa shape index (κ2) is 4.79. The van der Waals surface area contributed by atoms with E-state index in [-0.39, 0.29) is 0 Å². The number of ether oxygens (including phenoxy) is 1. The topological polar surface area (TPSA) is 9.23 Å². The molecular weight excluding hydrogens is 224 g/mol. The van der Waals surface area contributed by atoms with Crippen molar-refractivity contribution in [3.8, 4) is 0 Å². The van der Waals surface area contributed by atoms with E-state index < -0.39 is 0 Å². The minimum atomic E-state index is 0.773. The summed E-state index contributed by atoms with van der Waals surface area (Å²) in [6.07, 6.45) is 7.66. The fraction of sp³-hybridized carbons (Fsp3) is 0.467. The first-order valence-corrected chi connectivity index (χ1v) is 8.17. The van der Waals surface area contributed by atoms with Gasteiger partial charge in [0.1, 0.15) is 0 Å². The van der Waals surface area contributed by atoms with Crippen molar-refractivity contribution in [3.05, 3.63) is 41.5 Å². The van der Waals surface area contributed by atoms with Gasteiger partial charge in [0, 0.05) is 16.5 Å². The predicted molar refractivity (Wildman–Crippen MR) is 74.8 cm³/mol. The largest absolute Gasteiger partial charge is 0.381 e. The Kier molecular flexibility index (Phi) is 3.17. The van der Waals surface area contributed by atoms with Gasteiger partial charge >= 0.3 is 0 Å². The second-order valence-electron chi connectivity index (χ2n) is 5.23. The maximum Gasteiger partial charge on any atom is 0.0712 e. The molecular formula is C15H20OSi. The summed E-state index contributed by atoms with van der Waals surface area (Å²) in [6, 6.07) is 9.00. The third-order valence-corrected chi connectivity index (χ3v) is 4.50. The van der Waals surface area contributed by atoms with Gasteiger partial charge in [0.25, 0.3) is 0 Å². The quantitative estimate of drug-likeness (QED) is 0.739. The van der Waals surface area contributed by atoms with Gasteiger partial charge in [-0.15, -0.1) is 0 Å². The average molecular weight is 244 g/mol. The van der Waals surface area contributed by atoms with Crippen LogP contribution in [0.2, 0.25) is 0 Å². The van der Waals surface area contributed by atoms with E-state index in [1.54, 1.807) is 5.57 Å². The monoisotopic (exact) mass is 244 g/mol. The molecule has 2 aliphatic rings. The van der Waals surface area contributed by atoms with Crippen LogP contribution in [0.15, 0.2) is 30.3 Å². The highest BCUT2D eigenvalue weighted by atomic mass is 28.1. The molecule has 1 fully saturated rings. The molecule has 0 radical (unpaired) electrons. The maximum absolute atomic E-state index is 5.48. The molecule has 3 rings (SSSR count). The molecule has 2 atom stereocenters. The van der Waals surface area contributed by atoms with Crippen LogP contribution in [0.4, 0.5) is 0 Å². The van der Waals surface area contributed by atoms with Gasteiger partial charge < -0.3 is 4.74 Å². The highest BCUT2D eigenvalue weighted by Gasteiger charge is 2.32. The van der Waals surface area contributed by atoms with Crippen molar-refractivity contribution in [2.24, 2.45) is 11.8 Å². The van der Waals surface area contributed by atoms with Gasteiger partial charge in [-0.2, -0.15) is 0 Å². The van der Waals surface area contributed by atoms with Gasteiger partial charge in [-0.1, -0.05) is 30.3 Å². The Morgan fingerprint density at radius 3 is 2.59 bits per heavy atom. The van der Waals surface area contributed by atoms with Gasteiger partial charge in [0.2, 0.25) is 0 Å². The number of rotatable bonds is 4. The van der Waals surface area contributed by atoms with Crippen molar-refractivity contribution in [1.82, 2.24) is 0 Å². The van der Waals surface area contributed by atoms with Crippen LogP contribution in [-0.2, 0) is 11.3 Å². The number of benzene rings is 1. The van der Waals surface area contributed by atoms with Crippen LogP contribution in [0.5, 0.6) is 0 Å². The standard InChI is InChI=1S/C15H20OSi/c17-10-16-9-11-1-4-13(5-2-11)15-8-12-3-6-14(15)7-12/h1-2,4-5,8,12,14H,3,6-7,9-10H2,17H3. The van der Waals surface area contributed by atoms with Crippen molar-refractivity contribution >= 4 is 15.8 Å². The molecule has 2 bridgehead atoms. The summed E-state index contributed by atoms with van der Waals surface area (Å²) in [7, 11) is 1.13. The molecule has 0 N–H and O–H groups in total. The molecule has 0 heterocycles. The molecule has 2 unspecified atom stereocenters. The summed E-state index contributed by atoms with van der Waals surface area (Å²) < 4.78 is 5.48. The van der Waals surface area contributed by atoms with Crippen molar-refractivity contribution in [1.29, 1.82) is 0 Å². The molecule has 2 heteroatoms. The van der Waals surface area contributed by atoms with Crippen LogP contribution in [0.3, 0.4) is 0 Å². The fourth-order valence-electron chi connectivity index (χ4n) is 3.19. The number of allylic oxidation sites excluding steroid dienone is 2. The minimum Gasteiger partial charge on any atom is -0.381 e. The van der Waals surface area contributed by atoms with E-state index in [1.165, 1.54) is 30.4 Å². The highest BCUT2D eigenvalue weighted by Crippen LogP contribution is 2.47. The molecule has 0 aliphatic heterocycles. The van der Waals surface area contributed by atoms with E-state index in [2.05, 4.69) is 30.3 Å². The Balaban J connectivity index is 1.74. The second-order valence-corrected chi connectivity index (χ2v) is 5.80. The van der Waals surface area contributed by atoms with Crippen LogP contribution in [0.25, 0.3) is 5.57 Å². The van der Waals surface area contributed by atoms with Crippen molar-refractivity contribution in [2.45, 2.75) is 25.9 Å². The van der Waals surface area contributed by atoms with Gasteiger partial charge in [-0.3, -0.25) is 0 Å². The van der Waals surface area contributed by atoms with E-state index in [9.17, 15) is 0 Å². The summed E-state index contributed by atoms with van der Waals surface area (Å²) in [5.41, 5.74) is 4.34. The van der Waals surface area contributed by atoms with Gasteiger partial charge in [0.15, 0.2) is 0 Å². The maximum atomic E-state index is 5.48. The molecule has 0 spiro atoms. The van der Waals surface area contributed by atoms with E-state index in [4.69, 9.17) is 4.74 Å². The zero-order valence-electron chi connectivity index (χ0n) is 10.5. The molecule has 2 aliphatic carbocycles. The highest BCUT2D eigenvalue weighted by molar-refractivity contribution is 6.08. The van der Waals surface area contributed by atoms with E-state index in [0.717, 1.165) is 34.9 Å². The van der Waals surface area contributed by atoms with Crippen LogP contribution < -0.4 is 0 Å². The summed E-state index contributed by atoms with van der Waals surface area (Å²) >= 11 is 0. The lowest BCUT2D eigenvalue weighted by atomic mass is 9.92. The Bertz CT molecular complexity index is 421. The molecule has 1 aromatic carbocycles. The van der Waals surface area contributed by atoms with Crippen LogP contribution in [0.1, 0.15) is 30.4 Å². The van der Waals surface area contributed by atoms with Crippen molar-refractivity contribution in [2.75, 3.05) is 6.23 Å². The molecule has 0 amide bonds. The zero-order chi connectivity index (χ0) is 11.7. The van der Waals surface area contributed by atoms with Crippen molar-refractivity contribution < 1.29 is 4.74 Å². The molecule has 1 aromatic rings. The third kappa shape index (κ3) is 2.24. The smallest absolute Gasteiger partial charge is 0.0712 e. The van der Waals surface area contributed by atoms with Gasteiger partial charge in [-0.05, 0) is 47.8 Å².